The topological polar surface area (TPSA) is 66.7 Å². The van der Waals surface area contributed by atoms with E-state index >= 15 is 0 Å². The van der Waals surface area contributed by atoms with Crippen LogP contribution >= 0.6 is 0 Å². The van der Waals surface area contributed by atoms with E-state index in [0.717, 1.165) is 27.6 Å². The highest BCUT2D eigenvalue weighted by Gasteiger charge is 2.33. The lowest BCUT2D eigenvalue weighted by molar-refractivity contribution is -0.00658. The zero-order valence-electron chi connectivity index (χ0n) is 19.3. The Labute approximate surface area is 189 Å². The van der Waals surface area contributed by atoms with Gasteiger partial charge < -0.3 is 24.6 Å². The Morgan fingerprint density at radius 1 is 1.19 bits per heavy atom. The van der Waals surface area contributed by atoms with E-state index in [1.807, 2.05) is 60.8 Å². The van der Waals surface area contributed by atoms with Crippen molar-refractivity contribution in [2.45, 2.75) is 32.6 Å². The van der Waals surface area contributed by atoms with Crippen molar-refractivity contribution in [1.82, 2.24) is 14.8 Å². The summed E-state index contributed by atoms with van der Waals surface area (Å²) in [5, 5.41) is 14.2. The number of fused-ring (bicyclic) bond motifs is 5. The number of hydrogen-bond donors (Lipinski definition) is 2. The van der Waals surface area contributed by atoms with Gasteiger partial charge in [-0.2, -0.15) is 0 Å². The molecule has 3 atom stereocenters. The Morgan fingerprint density at radius 2 is 1.91 bits per heavy atom. The highest BCUT2D eigenvalue weighted by Crippen LogP contribution is 2.38. The third kappa shape index (κ3) is 3.94. The number of nitrogens with one attached hydrogen (secondary N) is 1. The maximum absolute atomic E-state index is 14.1. The lowest BCUT2D eigenvalue weighted by atomic mass is 9.96. The van der Waals surface area contributed by atoms with Crippen LogP contribution in [0.15, 0.2) is 48.5 Å². The Bertz CT molecular complexity index is 1110. The molecule has 0 saturated heterocycles. The molecule has 1 amide bonds. The van der Waals surface area contributed by atoms with E-state index in [9.17, 15) is 9.90 Å². The van der Waals surface area contributed by atoms with Crippen LogP contribution in [0.5, 0.6) is 0 Å². The number of carbonyl (C=O) groups excluding carboxylic acids is 1. The summed E-state index contributed by atoms with van der Waals surface area (Å²) in [7, 11) is 3.86. The molecule has 0 spiro atoms. The quantitative estimate of drug-likeness (QED) is 0.659. The normalized spacial score (nSPS) is 20.5. The van der Waals surface area contributed by atoms with E-state index < -0.39 is 0 Å². The number of aryl methyl sites for hydroxylation is 1. The van der Waals surface area contributed by atoms with Crippen molar-refractivity contribution in [2.24, 2.45) is 13.0 Å². The minimum absolute atomic E-state index is 0.0628. The predicted octanol–water partition coefficient (Wildman–Crippen LogP) is 3.42. The number of aliphatic hydroxyl groups is 1. The van der Waals surface area contributed by atoms with Crippen LogP contribution in [-0.4, -0.2) is 59.4 Å². The molecule has 1 aromatic heterocycles. The lowest BCUT2D eigenvalue weighted by Crippen LogP contribution is -2.47. The first-order chi connectivity index (χ1) is 15.5. The van der Waals surface area contributed by atoms with Gasteiger partial charge in [0.05, 0.1) is 25.4 Å². The highest BCUT2D eigenvalue weighted by atomic mass is 16.5. The fraction of sp³-hybridized carbons (Fsp3) is 0.423. The molecule has 0 saturated carbocycles. The third-order valence-electron chi connectivity index (χ3n) is 6.63. The molecule has 1 aliphatic heterocycles. The number of benzene rings is 2. The molecule has 0 bridgehead atoms. The Hall–Kier alpha value is -2.67. The number of carbonyl (C=O) groups is 1. The number of amides is 1. The third-order valence-corrected chi connectivity index (χ3v) is 6.63. The van der Waals surface area contributed by atoms with Crippen molar-refractivity contribution in [3.8, 4) is 11.1 Å². The molecule has 0 unspecified atom stereocenters. The molecule has 2 aromatic carbocycles. The van der Waals surface area contributed by atoms with Crippen LogP contribution in [0, 0.1) is 5.92 Å². The van der Waals surface area contributed by atoms with Gasteiger partial charge in [0, 0.05) is 42.5 Å². The zero-order chi connectivity index (χ0) is 22.8. The van der Waals surface area contributed by atoms with Crippen LogP contribution in [0.4, 0.5) is 0 Å². The molecule has 3 aromatic rings. The van der Waals surface area contributed by atoms with Crippen LogP contribution in [-0.2, 0) is 18.4 Å². The number of nitrogens with zero attached hydrogens (tertiary/aromatic N) is 2. The van der Waals surface area contributed by atoms with Gasteiger partial charge in [-0.25, -0.2) is 0 Å². The van der Waals surface area contributed by atoms with Gasteiger partial charge in [-0.05, 0) is 31.2 Å². The molecule has 0 aliphatic carbocycles. The van der Waals surface area contributed by atoms with E-state index in [1.165, 1.54) is 0 Å². The summed E-state index contributed by atoms with van der Waals surface area (Å²) in [4.78, 5) is 15.9. The molecule has 0 fully saturated rings. The summed E-state index contributed by atoms with van der Waals surface area (Å²) < 4.78 is 8.41. The number of ether oxygens (including phenoxy) is 1. The molecule has 6 heteroatoms. The minimum atomic E-state index is -0.304. The highest BCUT2D eigenvalue weighted by molar-refractivity contribution is 6.10. The summed E-state index contributed by atoms with van der Waals surface area (Å²) in [5.74, 6) is 0.0239. The first-order valence-corrected chi connectivity index (χ1v) is 11.3. The fourth-order valence-corrected chi connectivity index (χ4v) is 4.75. The molecular weight excluding hydrogens is 402 g/mol. The van der Waals surface area contributed by atoms with Gasteiger partial charge in [-0.3, -0.25) is 4.79 Å². The second-order valence-electron chi connectivity index (χ2n) is 8.83. The van der Waals surface area contributed by atoms with Crippen LogP contribution in [0.2, 0.25) is 0 Å². The van der Waals surface area contributed by atoms with Gasteiger partial charge in [0.2, 0.25) is 0 Å². The fourth-order valence-electron chi connectivity index (χ4n) is 4.75. The average molecular weight is 436 g/mol. The first-order valence-electron chi connectivity index (χ1n) is 11.3. The van der Waals surface area contributed by atoms with E-state index in [4.69, 9.17) is 4.74 Å². The average Bonchev–Trinajstić information content (AvgIpc) is 3.10. The summed E-state index contributed by atoms with van der Waals surface area (Å²) >= 11 is 0. The van der Waals surface area contributed by atoms with Gasteiger partial charge in [-0.1, -0.05) is 49.4 Å². The smallest absolute Gasteiger partial charge is 0.271 e. The summed E-state index contributed by atoms with van der Waals surface area (Å²) in [6.45, 7) is 5.58. The van der Waals surface area contributed by atoms with Crippen LogP contribution in [0.3, 0.4) is 0 Å². The first kappa shape index (κ1) is 22.5. The second kappa shape index (κ2) is 9.45. The Balaban J connectivity index is 1.99. The Morgan fingerprint density at radius 3 is 2.66 bits per heavy atom. The van der Waals surface area contributed by atoms with Crippen LogP contribution in [0.25, 0.3) is 22.0 Å². The van der Waals surface area contributed by atoms with E-state index in [0.29, 0.717) is 25.4 Å². The predicted molar refractivity (Wildman–Crippen MR) is 128 cm³/mol. The van der Waals surface area contributed by atoms with Crippen molar-refractivity contribution in [1.29, 1.82) is 0 Å². The van der Waals surface area contributed by atoms with Gasteiger partial charge in [0.1, 0.15) is 5.69 Å². The van der Waals surface area contributed by atoms with E-state index in [-0.39, 0.29) is 30.6 Å². The molecule has 2 heterocycles. The van der Waals surface area contributed by atoms with Crippen molar-refractivity contribution >= 4 is 16.8 Å². The summed E-state index contributed by atoms with van der Waals surface area (Å²) in [6, 6.07) is 16.0. The second-order valence-corrected chi connectivity index (χ2v) is 8.83. The van der Waals surface area contributed by atoms with Crippen molar-refractivity contribution < 1.29 is 14.6 Å². The maximum atomic E-state index is 14.1. The SMILES string of the molecule is CNC[C@@H]1OCc2ccccc2-c2c(n(C)c3ccccc23)C(=O)N([C@H](C)CO)C[C@@H]1C. The number of aliphatic hydroxyl groups excluding tert-OH is 1. The molecule has 2 N–H and O–H groups in total. The summed E-state index contributed by atoms with van der Waals surface area (Å²) in [5.41, 5.74) is 4.67. The van der Waals surface area contributed by atoms with E-state index in [2.05, 4.69) is 30.4 Å². The monoisotopic (exact) mass is 435 g/mol. The minimum Gasteiger partial charge on any atom is -0.394 e. The number of para-hydroxylation sites is 1. The van der Waals surface area contributed by atoms with Crippen molar-refractivity contribution in [3.63, 3.8) is 0 Å². The number of hydrogen-bond acceptors (Lipinski definition) is 4. The van der Waals surface area contributed by atoms with Gasteiger partial charge in [0.15, 0.2) is 0 Å². The molecule has 4 rings (SSSR count). The molecular formula is C26H33N3O3. The van der Waals surface area contributed by atoms with Crippen molar-refractivity contribution in [3.05, 3.63) is 59.8 Å². The molecule has 32 heavy (non-hydrogen) atoms. The standard InChI is InChI=1S/C26H33N3O3/c1-17-14-29(18(2)15-30)26(31)25-24(21-11-7-8-12-22(21)28(25)4)20-10-6-5-9-19(20)16-32-23(17)13-27-3/h5-12,17-18,23,27,30H,13-16H2,1-4H3/t17-,18+,23-/m0/s1. The summed E-state index contributed by atoms with van der Waals surface area (Å²) in [6.07, 6.45) is -0.0628. The molecule has 1 aliphatic rings. The maximum Gasteiger partial charge on any atom is 0.271 e. The largest absolute Gasteiger partial charge is 0.394 e. The van der Waals surface area contributed by atoms with Gasteiger partial charge in [0.25, 0.3) is 5.91 Å². The molecule has 6 nitrogen and oxygen atoms in total. The van der Waals surface area contributed by atoms with E-state index in [1.54, 1.807) is 0 Å². The number of rotatable bonds is 4. The number of aromatic nitrogens is 1. The Kier molecular flexibility index (Phi) is 6.65. The molecule has 170 valence electrons. The van der Waals surface area contributed by atoms with Gasteiger partial charge >= 0.3 is 0 Å². The lowest BCUT2D eigenvalue weighted by Gasteiger charge is -2.33. The number of likely N-dealkylation sites (N-methyl/N-ethyl adjacent to an activating group) is 1. The van der Waals surface area contributed by atoms with Crippen LogP contribution in [0.1, 0.15) is 29.9 Å². The zero-order valence-corrected chi connectivity index (χ0v) is 19.3. The van der Waals surface area contributed by atoms with Gasteiger partial charge in [-0.15, -0.1) is 0 Å². The van der Waals surface area contributed by atoms with Crippen LogP contribution < -0.4 is 5.32 Å². The van der Waals surface area contributed by atoms with Crippen molar-refractivity contribution in [2.75, 3.05) is 26.7 Å². The molecule has 0 radical (unpaired) electrons.